The molecule has 0 atom stereocenters. The summed E-state index contributed by atoms with van der Waals surface area (Å²) in [5.41, 5.74) is 9.28. The van der Waals surface area contributed by atoms with E-state index in [1.54, 1.807) is 28.4 Å². The molecule has 0 radical (unpaired) electrons. The van der Waals surface area contributed by atoms with E-state index in [1.165, 1.54) is 18.7 Å². The van der Waals surface area contributed by atoms with Crippen LogP contribution < -0.4 is 16.4 Å². The number of carbonyl (C=O) groups excluding carboxylic acids is 2. The summed E-state index contributed by atoms with van der Waals surface area (Å²) in [5, 5.41) is 14.1. The average Bonchev–Trinajstić information content (AvgIpc) is 3.35. The molecule has 0 saturated carbocycles. The highest BCUT2D eigenvalue weighted by atomic mass is 16.2. The first-order valence-corrected chi connectivity index (χ1v) is 10.9. The molecule has 0 aliphatic heterocycles. The number of anilines is 3. The van der Waals surface area contributed by atoms with Crippen molar-refractivity contribution in [2.75, 3.05) is 16.4 Å². The maximum atomic E-state index is 13.4. The van der Waals surface area contributed by atoms with Gasteiger partial charge in [-0.2, -0.15) is 10.2 Å². The van der Waals surface area contributed by atoms with Crippen LogP contribution in [0.1, 0.15) is 66.8 Å². The Morgan fingerprint density at radius 2 is 1.79 bits per heavy atom. The summed E-state index contributed by atoms with van der Waals surface area (Å²) in [6, 6.07) is 4.68. The molecular weight excluding hydrogens is 434 g/mol. The molecule has 4 N–H and O–H groups in total. The molecule has 0 aromatic carbocycles. The first kappa shape index (κ1) is 22.9. The van der Waals surface area contributed by atoms with Crippen molar-refractivity contribution in [3.05, 3.63) is 59.4 Å². The van der Waals surface area contributed by atoms with Crippen molar-refractivity contribution < 1.29 is 9.59 Å². The highest BCUT2D eigenvalue weighted by Crippen LogP contribution is 2.27. The number of nitrogen functional groups attached to an aromatic ring is 1. The molecular formula is C23H27N9O2. The van der Waals surface area contributed by atoms with Gasteiger partial charge < -0.3 is 11.1 Å². The molecule has 0 spiro atoms. The van der Waals surface area contributed by atoms with Crippen LogP contribution in [0.2, 0.25) is 0 Å². The number of nitrogens with zero attached hydrogens (tertiary/aromatic N) is 6. The SMILES string of the molecule is CC(C)c1cc(NC(=O)Nc2cncc(C(=O)c3cc(C(C)C)n4ncnc(N)c34)c2)n(C)n1. The number of rotatable bonds is 6. The van der Waals surface area contributed by atoms with E-state index in [0.29, 0.717) is 28.1 Å². The third kappa shape index (κ3) is 4.32. The van der Waals surface area contributed by atoms with Crippen molar-refractivity contribution in [1.29, 1.82) is 0 Å². The van der Waals surface area contributed by atoms with Crippen molar-refractivity contribution in [2.24, 2.45) is 7.05 Å². The first-order chi connectivity index (χ1) is 16.2. The topological polar surface area (TPSA) is 145 Å². The van der Waals surface area contributed by atoms with Gasteiger partial charge in [0, 0.05) is 30.6 Å². The maximum absolute atomic E-state index is 13.4. The van der Waals surface area contributed by atoms with Crippen LogP contribution in [0.25, 0.3) is 5.52 Å². The monoisotopic (exact) mass is 461 g/mol. The number of amides is 2. The van der Waals surface area contributed by atoms with E-state index >= 15 is 0 Å². The highest BCUT2D eigenvalue weighted by Gasteiger charge is 2.22. The van der Waals surface area contributed by atoms with Crippen LogP contribution in [0.5, 0.6) is 0 Å². The molecule has 0 bridgehead atoms. The molecule has 4 heterocycles. The number of aromatic nitrogens is 6. The number of fused-ring (bicyclic) bond motifs is 1. The van der Waals surface area contributed by atoms with E-state index in [9.17, 15) is 9.59 Å². The van der Waals surface area contributed by atoms with Gasteiger partial charge in [0.15, 0.2) is 11.6 Å². The van der Waals surface area contributed by atoms with E-state index in [4.69, 9.17) is 5.73 Å². The van der Waals surface area contributed by atoms with Gasteiger partial charge in [0.25, 0.3) is 0 Å². The zero-order chi connectivity index (χ0) is 24.6. The Morgan fingerprint density at radius 3 is 2.47 bits per heavy atom. The Bertz CT molecular complexity index is 1380. The zero-order valence-corrected chi connectivity index (χ0v) is 19.7. The fraction of sp³-hybridized carbons (Fsp3) is 0.304. The second-order valence-electron chi connectivity index (χ2n) is 8.65. The summed E-state index contributed by atoms with van der Waals surface area (Å²) in [6.45, 7) is 8.06. The molecule has 4 aromatic rings. The van der Waals surface area contributed by atoms with Gasteiger partial charge in [-0.1, -0.05) is 27.7 Å². The van der Waals surface area contributed by atoms with E-state index in [1.807, 2.05) is 33.8 Å². The molecule has 34 heavy (non-hydrogen) atoms. The second kappa shape index (κ2) is 8.93. The third-order valence-electron chi connectivity index (χ3n) is 5.44. The number of carbonyl (C=O) groups is 2. The standard InChI is InChI=1S/C23H27N9O2/c1-12(2)17-8-19(31(5)30-17)29-23(34)28-15-6-14(9-25-10-15)21(33)16-7-18(13(3)4)32-20(16)22(24)26-11-27-32/h6-13H,1-5H3,(H2,24,26,27)(H2,28,29,34). The van der Waals surface area contributed by atoms with Crippen LogP contribution in [0.4, 0.5) is 22.1 Å². The van der Waals surface area contributed by atoms with Crippen molar-refractivity contribution >= 4 is 34.7 Å². The minimum absolute atomic E-state index is 0.112. The highest BCUT2D eigenvalue weighted by molar-refractivity contribution is 6.15. The Labute approximate surface area is 196 Å². The molecule has 0 fully saturated rings. The number of hydrogen-bond donors (Lipinski definition) is 3. The van der Waals surface area contributed by atoms with Gasteiger partial charge in [-0.15, -0.1) is 0 Å². The number of aryl methyl sites for hydroxylation is 1. The molecule has 176 valence electrons. The summed E-state index contributed by atoms with van der Waals surface area (Å²) in [7, 11) is 1.76. The molecule has 11 heteroatoms. The van der Waals surface area contributed by atoms with Gasteiger partial charge in [0.1, 0.15) is 17.7 Å². The van der Waals surface area contributed by atoms with Gasteiger partial charge in [-0.3, -0.25) is 19.8 Å². The predicted molar refractivity (Wildman–Crippen MR) is 129 cm³/mol. The second-order valence-corrected chi connectivity index (χ2v) is 8.65. The Balaban J connectivity index is 1.59. The normalized spacial score (nSPS) is 11.4. The van der Waals surface area contributed by atoms with Crippen LogP contribution in [0.3, 0.4) is 0 Å². The smallest absolute Gasteiger partial charge is 0.324 e. The summed E-state index contributed by atoms with van der Waals surface area (Å²) in [4.78, 5) is 34.1. The molecule has 0 unspecified atom stereocenters. The van der Waals surface area contributed by atoms with E-state index in [-0.39, 0.29) is 23.4 Å². The molecule has 0 aliphatic rings. The summed E-state index contributed by atoms with van der Waals surface area (Å²) in [6.07, 6.45) is 4.27. The van der Waals surface area contributed by atoms with Crippen molar-refractivity contribution in [1.82, 2.24) is 29.4 Å². The molecule has 0 saturated heterocycles. The lowest BCUT2D eigenvalue weighted by atomic mass is 10.0. The van der Waals surface area contributed by atoms with E-state index < -0.39 is 6.03 Å². The van der Waals surface area contributed by atoms with Crippen LogP contribution in [0, 0.1) is 0 Å². The first-order valence-electron chi connectivity index (χ1n) is 10.9. The third-order valence-corrected chi connectivity index (χ3v) is 5.44. The zero-order valence-electron chi connectivity index (χ0n) is 19.7. The lowest BCUT2D eigenvalue weighted by Gasteiger charge is -2.08. The molecule has 11 nitrogen and oxygen atoms in total. The quantitative estimate of drug-likeness (QED) is 0.372. The minimum Gasteiger partial charge on any atom is -0.382 e. The van der Waals surface area contributed by atoms with Crippen LogP contribution >= 0.6 is 0 Å². The lowest BCUT2D eigenvalue weighted by Crippen LogP contribution is -2.21. The number of nitrogens with one attached hydrogen (secondary N) is 2. The average molecular weight is 462 g/mol. The van der Waals surface area contributed by atoms with Crippen molar-refractivity contribution in [3.8, 4) is 0 Å². The predicted octanol–water partition coefficient (Wildman–Crippen LogP) is 3.56. The molecule has 2 amide bonds. The Morgan fingerprint density at radius 1 is 1.03 bits per heavy atom. The number of urea groups is 1. The number of hydrogen-bond acceptors (Lipinski definition) is 7. The van der Waals surface area contributed by atoms with E-state index in [0.717, 1.165) is 11.4 Å². The number of pyridine rings is 1. The number of ketones is 1. The summed E-state index contributed by atoms with van der Waals surface area (Å²) < 4.78 is 3.24. The van der Waals surface area contributed by atoms with Gasteiger partial charge >= 0.3 is 6.03 Å². The Hall–Kier alpha value is -4.28. The molecule has 4 aromatic heterocycles. The largest absolute Gasteiger partial charge is 0.382 e. The molecule has 4 rings (SSSR count). The maximum Gasteiger partial charge on any atom is 0.324 e. The van der Waals surface area contributed by atoms with Gasteiger partial charge in [-0.05, 0) is 24.0 Å². The number of nitrogens with two attached hydrogens (primary N) is 1. The fourth-order valence-electron chi connectivity index (χ4n) is 3.63. The van der Waals surface area contributed by atoms with Crippen molar-refractivity contribution in [2.45, 2.75) is 39.5 Å². The summed E-state index contributed by atoms with van der Waals surface area (Å²) >= 11 is 0. The Kier molecular flexibility index (Phi) is 6.01. The molecule has 0 aliphatic carbocycles. The fourth-order valence-corrected chi connectivity index (χ4v) is 3.63. The van der Waals surface area contributed by atoms with Crippen LogP contribution in [0.15, 0.2) is 36.9 Å². The van der Waals surface area contributed by atoms with Crippen molar-refractivity contribution in [3.63, 3.8) is 0 Å². The van der Waals surface area contributed by atoms with Crippen LogP contribution in [-0.2, 0) is 7.05 Å². The minimum atomic E-state index is -0.473. The van der Waals surface area contributed by atoms with Crippen LogP contribution in [-0.4, -0.2) is 41.2 Å². The van der Waals surface area contributed by atoms with Gasteiger partial charge in [0.05, 0.1) is 23.1 Å². The van der Waals surface area contributed by atoms with Gasteiger partial charge in [0.2, 0.25) is 0 Å². The van der Waals surface area contributed by atoms with Gasteiger partial charge in [-0.25, -0.2) is 14.3 Å². The summed E-state index contributed by atoms with van der Waals surface area (Å²) in [5.74, 6) is 0.817. The van der Waals surface area contributed by atoms with E-state index in [2.05, 4.69) is 30.8 Å². The lowest BCUT2D eigenvalue weighted by molar-refractivity contribution is 0.104.